The number of fused-ring (bicyclic) bond motifs is 5. The van der Waals surface area contributed by atoms with Gasteiger partial charge in [0.05, 0.1) is 39.1 Å². The Morgan fingerprint density at radius 2 is 1.23 bits per heavy atom. The van der Waals surface area contributed by atoms with Crippen LogP contribution in [-0.2, 0) is 28.1 Å². The molecular formula is C74H76N4O. The first-order valence-electron chi connectivity index (χ1n) is 32.0. The Bertz CT molecular complexity index is 4420. The molecule has 0 atom stereocenters. The Morgan fingerprint density at radius 3 is 1.96 bits per heavy atom. The van der Waals surface area contributed by atoms with E-state index in [4.69, 9.17) is 13.8 Å². The summed E-state index contributed by atoms with van der Waals surface area (Å²) in [5.41, 5.74) is 11.8. The second-order valence-electron chi connectivity index (χ2n) is 25.7. The summed E-state index contributed by atoms with van der Waals surface area (Å²) in [7, 11) is 0. The molecule has 5 nitrogen and oxygen atoms in total. The van der Waals surface area contributed by atoms with E-state index in [-0.39, 0.29) is 57.0 Å². The van der Waals surface area contributed by atoms with Crippen molar-refractivity contribution in [1.82, 2.24) is 9.55 Å². The van der Waals surface area contributed by atoms with Crippen LogP contribution in [-0.4, -0.2) is 16.2 Å². The van der Waals surface area contributed by atoms with Crippen LogP contribution in [0.3, 0.4) is 0 Å². The summed E-state index contributed by atoms with van der Waals surface area (Å²) in [5.74, 6) is 2.36. The van der Waals surface area contributed by atoms with Crippen LogP contribution in [0.2, 0.25) is 0 Å². The fraction of sp³-hybridized carbons (Fsp3) is 0.284. The Morgan fingerprint density at radius 1 is 0.570 bits per heavy atom. The van der Waals surface area contributed by atoms with Crippen LogP contribution < -0.4 is 14.5 Å². The van der Waals surface area contributed by atoms with Crippen LogP contribution in [0.4, 0.5) is 22.7 Å². The Hall–Kier alpha value is -7.89. The number of ether oxygens (including phenoxy) is 1. The van der Waals surface area contributed by atoms with E-state index in [1.54, 1.807) is 0 Å². The third-order valence-corrected chi connectivity index (χ3v) is 16.4. The van der Waals surface area contributed by atoms with Gasteiger partial charge >= 0.3 is 0 Å². The number of nitrogens with zero attached hydrogens (tertiary/aromatic N) is 4. The molecule has 398 valence electrons. The summed E-state index contributed by atoms with van der Waals surface area (Å²) in [6, 6.07) is 43.5. The van der Waals surface area contributed by atoms with E-state index >= 15 is 0 Å². The summed E-state index contributed by atoms with van der Waals surface area (Å²) < 4.78 is 84.5. The van der Waals surface area contributed by atoms with Crippen LogP contribution in [0.15, 0.2) is 188 Å². The topological polar surface area (TPSA) is 33.5 Å². The number of anilines is 4. The number of para-hydroxylation sites is 3. The summed E-state index contributed by atoms with van der Waals surface area (Å²) in [6.07, 6.45) is 4.64. The molecule has 10 aromatic rings. The SMILES string of the molecule is [2H]c1c([2H])c([2H])c(-c2c([2H])c(-c3cc(CC(C)C)cc(-c4ccc5c(c4)C(C)(C)CCC5(C)C)c3N3CN(c4cccc(Oc5ccc6c7ccccc7n(-c7cc(C(C)(C)C)ccn7)c6c5)c4)c4ccccc43)c([2H])c(C(C)(C)C)c2[2H])c([2H])c1[2H]. The molecule has 0 unspecified atom stereocenters. The van der Waals surface area contributed by atoms with Gasteiger partial charge in [-0.2, -0.15) is 0 Å². The molecule has 0 saturated heterocycles. The molecule has 0 radical (unpaired) electrons. The van der Waals surface area contributed by atoms with Gasteiger partial charge in [-0.25, -0.2) is 4.98 Å². The minimum Gasteiger partial charge on any atom is -0.457 e. The normalized spacial score (nSPS) is 16.4. The lowest BCUT2D eigenvalue weighted by atomic mass is 9.63. The first kappa shape index (κ1) is 43.0. The van der Waals surface area contributed by atoms with Gasteiger partial charge in [-0.1, -0.05) is 180 Å². The molecule has 0 saturated carbocycles. The van der Waals surface area contributed by atoms with Gasteiger partial charge in [0.25, 0.3) is 0 Å². The van der Waals surface area contributed by atoms with E-state index in [1.807, 2.05) is 57.3 Å². The maximum Gasteiger partial charge on any atom is 0.137 e. The molecule has 2 aliphatic rings. The van der Waals surface area contributed by atoms with Gasteiger partial charge in [-0.3, -0.25) is 4.57 Å². The minimum atomic E-state index is -0.850. The van der Waals surface area contributed by atoms with Crippen molar-refractivity contribution < 1.29 is 15.7 Å². The molecule has 0 amide bonds. The monoisotopic (exact) mass is 1040 g/mol. The van der Waals surface area contributed by atoms with E-state index in [9.17, 15) is 6.85 Å². The number of rotatable bonds is 10. The van der Waals surface area contributed by atoms with Crippen LogP contribution in [0.5, 0.6) is 11.5 Å². The van der Waals surface area contributed by atoms with Gasteiger partial charge in [0.1, 0.15) is 24.0 Å². The van der Waals surface area contributed by atoms with Crippen LogP contribution in [0.1, 0.15) is 135 Å². The maximum absolute atomic E-state index is 10.4. The van der Waals surface area contributed by atoms with E-state index in [0.717, 1.165) is 79.9 Å². The maximum atomic E-state index is 10.4. The zero-order valence-corrected chi connectivity index (χ0v) is 47.9. The number of pyridine rings is 1. The summed E-state index contributed by atoms with van der Waals surface area (Å²) in [5, 5.41) is 2.21. The number of hydrogen-bond donors (Lipinski definition) is 0. The summed E-state index contributed by atoms with van der Waals surface area (Å²) in [6.45, 7) is 26.4. The zero-order valence-electron chi connectivity index (χ0n) is 55.9. The van der Waals surface area contributed by atoms with Crippen molar-refractivity contribution in [3.8, 4) is 50.7 Å². The van der Waals surface area contributed by atoms with Crippen molar-refractivity contribution in [2.75, 3.05) is 16.5 Å². The Balaban J connectivity index is 1.06. The van der Waals surface area contributed by atoms with Crippen LogP contribution in [0.25, 0.3) is 61.0 Å². The summed E-state index contributed by atoms with van der Waals surface area (Å²) >= 11 is 0. The highest BCUT2D eigenvalue weighted by atomic mass is 16.5. The molecule has 5 heteroatoms. The predicted molar refractivity (Wildman–Crippen MR) is 335 cm³/mol. The van der Waals surface area contributed by atoms with Gasteiger partial charge in [0, 0.05) is 45.9 Å². The predicted octanol–water partition coefficient (Wildman–Crippen LogP) is 20.4. The molecular weight excluding hydrogens is 961 g/mol. The van der Waals surface area contributed by atoms with Crippen molar-refractivity contribution in [2.45, 2.75) is 124 Å². The Kier molecular flexibility index (Phi) is 10.6. The smallest absolute Gasteiger partial charge is 0.137 e. The lowest BCUT2D eigenvalue weighted by molar-refractivity contribution is 0.332. The molecule has 0 fully saturated rings. The molecule has 8 aromatic carbocycles. The largest absolute Gasteiger partial charge is 0.457 e. The number of benzene rings is 8. The molecule has 1 aliphatic heterocycles. The van der Waals surface area contributed by atoms with Crippen molar-refractivity contribution in [1.29, 1.82) is 0 Å². The zero-order chi connectivity index (χ0) is 62.1. The van der Waals surface area contributed by atoms with Gasteiger partial charge in [0.15, 0.2) is 0 Å². The lowest BCUT2D eigenvalue weighted by Crippen LogP contribution is -2.33. The lowest BCUT2D eigenvalue weighted by Gasteiger charge is -2.42. The van der Waals surface area contributed by atoms with Crippen molar-refractivity contribution >= 4 is 44.6 Å². The first-order valence-corrected chi connectivity index (χ1v) is 28.0. The molecule has 79 heavy (non-hydrogen) atoms. The second kappa shape index (κ2) is 19.5. The fourth-order valence-electron chi connectivity index (χ4n) is 12.0. The van der Waals surface area contributed by atoms with Gasteiger partial charge in [0.2, 0.25) is 0 Å². The molecule has 0 bridgehead atoms. The highest BCUT2D eigenvalue weighted by molar-refractivity contribution is 6.09. The average molecular weight is 1050 g/mol. The van der Waals surface area contributed by atoms with Crippen molar-refractivity contribution in [3.63, 3.8) is 0 Å². The molecule has 0 spiro atoms. The van der Waals surface area contributed by atoms with Gasteiger partial charge < -0.3 is 14.5 Å². The van der Waals surface area contributed by atoms with E-state index in [0.29, 0.717) is 35.7 Å². The van der Waals surface area contributed by atoms with Gasteiger partial charge in [-0.15, -0.1) is 0 Å². The van der Waals surface area contributed by atoms with Crippen LogP contribution >= 0.6 is 0 Å². The molecule has 12 rings (SSSR count). The number of hydrogen-bond acceptors (Lipinski definition) is 4. The first-order chi connectivity index (χ1) is 41.0. The fourth-order valence-corrected chi connectivity index (χ4v) is 12.0. The van der Waals surface area contributed by atoms with Crippen molar-refractivity contribution in [2.24, 2.45) is 5.92 Å². The third kappa shape index (κ3) is 9.70. The van der Waals surface area contributed by atoms with Crippen molar-refractivity contribution in [3.05, 3.63) is 216 Å². The van der Waals surface area contributed by atoms with E-state index in [1.165, 1.54) is 16.7 Å². The Labute approximate surface area is 480 Å². The molecule has 1 aliphatic carbocycles. The average Bonchev–Trinajstić information content (AvgIpc) is 1.55. The summed E-state index contributed by atoms with van der Waals surface area (Å²) in [4.78, 5) is 9.46. The quantitative estimate of drug-likeness (QED) is 0.137. The molecule has 3 heterocycles. The molecule has 2 aromatic heterocycles. The second-order valence-corrected chi connectivity index (χ2v) is 25.7. The number of aromatic nitrogens is 2. The van der Waals surface area contributed by atoms with E-state index < -0.39 is 35.6 Å². The van der Waals surface area contributed by atoms with Crippen LogP contribution in [0, 0.1) is 5.92 Å². The third-order valence-electron chi connectivity index (χ3n) is 16.4. The standard InChI is InChI=1S/C74H76N4O/c1-48(2)37-49-38-61(51-29-32-63-64(43-51)74(11,12)35-34-73(63,9)10)70(62(39-49)53-40-52(50-21-14-13-15-22-50)41-55(42-53)72(6,7)8)77-47-76(66-27-18-19-28-67(66)77)56-23-20-24-57(45-56)79-58-30-31-60-59-25-16-17-26-65(59)78(68(60)46-58)69-44-54(33-36-75-69)71(3,4)5/h13-33,36,38-46,48H,34-35,37,47H2,1-12H3/i13D,14D,15D,21D,22D,40D,41D,42D. The highest BCUT2D eigenvalue weighted by Gasteiger charge is 2.38. The van der Waals surface area contributed by atoms with Gasteiger partial charge in [-0.05, 0) is 170 Å². The van der Waals surface area contributed by atoms with E-state index in [2.05, 4.69) is 180 Å². The minimum absolute atomic E-state index is 0.0155. The highest BCUT2D eigenvalue weighted by Crippen LogP contribution is 2.54. The molecule has 0 N–H and O–H groups in total.